The van der Waals surface area contributed by atoms with Crippen LogP contribution in [0.3, 0.4) is 0 Å². The first kappa shape index (κ1) is 14.8. The molecule has 1 aliphatic carbocycles. The van der Waals surface area contributed by atoms with Crippen molar-refractivity contribution in [3.05, 3.63) is 41.0 Å². The van der Waals surface area contributed by atoms with E-state index < -0.39 is 0 Å². The molecule has 0 radical (unpaired) electrons. The van der Waals surface area contributed by atoms with Gasteiger partial charge >= 0.3 is 0 Å². The van der Waals surface area contributed by atoms with Crippen LogP contribution in [0.15, 0.2) is 30.6 Å². The van der Waals surface area contributed by atoms with Crippen LogP contribution in [-0.2, 0) is 12.8 Å². The van der Waals surface area contributed by atoms with Crippen LogP contribution < -0.4 is 4.74 Å². The molecule has 0 bridgehead atoms. The Labute approximate surface area is 149 Å². The van der Waals surface area contributed by atoms with Gasteiger partial charge in [-0.25, -0.2) is 14.5 Å². The van der Waals surface area contributed by atoms with E-state index in [4.69, 9.17) is 9.72 Å². The average Bonchev–Trinajstić information content (AvgIpc) is 3.22. The molecule has 0 fully saturated rings. The second-order valence-corrected chi connectivity index (χ2v) is 7.80. The number of ether oxygens (including phenoxy) is 1. The molecule has 1 aliphatic rings. The molecule has 0 saturated carbocycles. The van der Waals surface area contributed by atoms with Gasteiger partial charge in [-0.15, -0.1) is 16.4 Å². The largest absolute Gasteiger partial charge is 0.497 e. The molecule has 0 spiro atoms. The fraction of sp³-hybridized carbons (Fsp3) is 0.316. The quantitative estimate of drug-likeness (QED) is 0.545. The molecule has 1 aromatic carbocycles. The third-order valence-corrected chi connectivity index (χ3v) is 6.16. The molecule has 0 aliphatic heterocycles. The Balaban J connectivity index is 1.74. The van der Waals surface area contributed by atoms with Crippen LogP contribution in [0, 0.1) is 5.92 Å². The van der Waals surface area contributed by atoms with Gasteiger partial charge in [0, 0.05) is 10.4 Å². The Bertz CT molecular complexity index is 1100. The minimum Gasteiger partial charge on any atom is -0.497 e. The lowest BCUT2D eigenvalue weighted by Gasteiger charge is -2.17. The normalized spacial score (nSPS) is 17.1. The zero-order valence-corrected chi connectivity index (χ0v) is 15.0. The lowest BCUT2D eigenvalue weighted by Crippen LogP contribution is -2.09. The number of fused-ring (bicyclic) bond motifs is 5. The van der Waals surface area contributed by atoms with Crippen molar-refractivity contribution in [2.45, 2.75) is 26.2 Å². The van der Waals surface area contributed by atoms with Crippen molar-refractivity contribution in [3.8, 4) is 17.1 Å². The topological polar surface area (TPSA) is 52.3 Å². The average molecular weight is 350 g/mol. The highest BCUT2D eigenvalue weighted by Gasteiger charge is 2.23. The summed E-state index contributed by atoms with van der Waals surface area (Å²) < 4.78 is 7.13. The van der Waals surface area contributed by atoms with Crippen molar-refractivity contribution in [2.75, 3.05) is 7.11 Å². The summed E-state index contributed by atoms with van der Waals surface area (Å²) in [4.78, 5) is 12.0. The number of hydrogen-bond donors (Lipinski definition) is 0. The molecular formula is C19H18N4OS. The summed E-state index contributed by atoms with van der Waals surface area (Å²) in [7, 11) is 1.67. The summed E-state index contributed by atoms with van der Waals surface area (Å²) in [5.41, 5.74) is 3.30. The highest BCUT2D eigenvalue weighted by Crippen LogP contribution is 2.38. The number of benzene rings is 1. The Morgan fingerprint density at radius 3 is 3.12 bits per heavy atom. The molecule has 126 valence electrons. The first-order chi connectivity index (χ1) is 12.2. The lowest BCUT2D eigenvalue weighted by molar-refractivity contribution is 0.415. The Hall–Kier alpha value is -2.47. The molecule has 6 heteroatoms. The van der Waals surface area contributed by atoms with Crippen molar-refractivity contribution in [2.24, 2.45) is 5.92 Å². The van der Waals surface area contributed by atoms with E-state index in [0.29, 0.717) is 11.7 Å². The van der Waals surface area contributed by atoms with Crippen LogP contribution in [0.4, 0.5) is 0 Å². The third kappa shape index (κ3) is 2.32. The molecule has 0 amide bonds. The van der Waals surface area contributed by atoms with Crippen LogP contribution in [0.1, 0.15) is 23.8 Å². The fourth-order valence-electron chi connectivity index (χ4n) is 3.63. The monoisotopic (exact) mass is 350 g/mol. The standard InChI is InChI=1S/C19H18N4OS/c1-11-6-7-15-14(8-11)16-18-21-17(12-4-3-5-13(9-12)24-2)22-23(18)10-20-19(16)25-15/h3-5,9-11H,6-8H2,1-2H3/t11-/m1/s1. The van der Waals surface area contributed by atoms with Crippen molar-refractivity contribution < 1.29 is 4.74 Å². The lowest BCUT2D eigenvalue weighted by atomic mass is 9.89. The molecular weight excluding hydrogens is 332 g/mol. The van der Waals surface area contributed by atoms with Gasteiger partial charge in [0.15, 0.2) is 11.5 Å². The molecule has 3 aromatic heterocycles. The van der Waals surface area contributed by atoms with Gasteiger partial charge in [-0.2, -0.15) is 0 Å². The van der Waals surface area contributed by atoms with Crippen LogP contribution in [0.25, 0.3) is 27.3 Å². The van der Waals surface area contributed by atoms with Crippen molar-refractivity contribution in [1.82, 2.24) is 19.6 Å². The van der Waals surface area contributed by atoms with Crippen LogP contribution in [0.5, 0.6) is 5.75 Å². The smallest absolute Gasteiger partial charge is 0.182 e. The zero-order valence-electron chi connectivity index (χ0n) is 14.2. The predicted octanol–water partition coefficient (Wildman–Crippen LogP) is 4.14. The molecule has 5 nitrogen and oxygen atoms in total. The molecule has 0 saturated heterocycles. The first-order valence-corrected chi connectivity index (χ1v) is 9.34. The summed E-state index contributed by atoms with van der Waals surface area (Å²) in [5, 5.41) is 5.84. The Morgan fingerprint density at radius 1 is 1.32 bits per heavy atom. The summed E-state index contributed by atoms with van der Waals surface area (Å²) in [6.07, 6.45) is 5.30. The van der Waals surface area contributed by atoms with E-state index in [1.807, 2.05) is 40.1 Å². The fourth-order valence-corrected chi connectivity index (χ4v) is 4.81. The minimum atomic E-state index is 0.706. The number of thiophene rings is 1. The van der Waals surface area contributed by atoms with Gasteiger partial charge in [0.25, 0.3) is 0 Å². The van der Waals surface area contributed by atoms with E-state index in [-0.39, 0.29) is 0 Å². The van der Waals surface area contributed by atoms with E-state index in [0.717, 1.165) is 34.6 Å². The van der Waals surface area contributed by atoms with E-state index in [9.17, 15) is 0 Å². The van der Waals surface area contributed by atoms with Gasteiger partial charge in [-0.05, 0) is 42.9 Å². The second kappa shape index (κ2) is 5.52. The maximum atomic E-state index is 5.32. The molecule has 3 heterocycles. The first-order valence-electron chi connectivity index (χ1n) is 8.53. The minimum absolute atomic E-state index is 0.706. The van der Waals surface area contributed by atoms with Gasteiger partial charge in [-0.1, -0.05) is 19.1 Å². The van der Waals surface area contributed by atoms with Crippen molar-refractivity contribution in [1.29, 1.82) is 0 Å². The van der Waals surface area contributed by atoms with Crippen molar-refractivity contribution in [3.63, 3.8) is 0 Å². The number of aryl methyl sites for hydroxylation is 1. The maximum absolute atomic E-state index is 5.32. The SMILES string of the molecule is COc1cccc(-c2nc3c4c5c(sc4ncn3n2)CC[C@@H](C)C5)c1. The second-order valence-electron chi connectivity index (χ2n) is 6.71. The van der Waals surface area contributed by atoms with Gasteiger partial charge in [0.2, 0.25) is 0 Å². The number of rotatable bonds is 2. The number of nitrogens with zero attached hydrogens (tertiary/aromatic N) is 4. The molecule has 4 aromatic rings. The Morgan fingerprint density at radius 2 is 2.24 bits per heavy atom. The van der Waals surface area contributed by atoms with E-state index in [1.165, 1.54) is 22.2 Å². The third-order valence-electron chi connectivity index (χ3n) is 4.96. The van der Waals surface area contributed by atoms with Crippen LogP contribution in [0.2, 0.25) is 0 Å². The molecule has 0 unspecified atom stereocenters. The highest BCUT2D eigenvalue weighted by atomic mass is 32.1. The van der Waals surface area contributed by atoms with E-state index in [2.05, 4.69) is 17.0 Å². The van der Waals surface area contributed by atoms with Gasteiger partial charge < -0.3 is 4.74 Å². The van der Waals surface area contributed by atoms with Gasteiger partial charge in [-0.3, -0.25) is 0 Å². The summed E-state index contributed by atoms with van der Waals surface area (Å²) in [6, 6.07) is 7.86. The molecule has 25 heavy (non-hydrogen) atoms. The van der Waals surface area contributed by atoms with Crippen molar-refractivity contribution >= 4 is 27.2 Å². The van der Waals surface area contributed by atoms with E-state index >= 15 is 0 Å². The maximum Gasteiger partial charge on any atom is 0.182 e. The number of aromatic nitrogens is 4. The molecule has 0 N–H and O–H groups in total. The van der Waals surface area contributed by atoms with Crippen LogP contribution in [-0.4, -0.2) is 26.7 Å². The summed E-state index contributed by atoms with van der Waals surface area (Å²) in [5.74, 6) is 2.23. The van der Waals surface area contributed by atoms with Crippen LogP contribution >= 0.6 is 11.3 Å². The summed E-state index contributed by atoms with van der Waals surface area (Å²) >= 11 is 1.82. The molecule has 1 atom stereocenters. The highest BCUT2D eigenvalue weighted by molar-refractivity contribution is 7.19. The van der Waals surface area contributed by atoms with Gasteiger partial charge in [0.05, 0.1) is 12.5 Å². The number of methoxy groups -OCH3 is 1. The Kier molecular flexibility index (Phi) is 3.28. The van der Waals surface area contributed by atoms with E-state index in [1.54, 1.807) is 13.4 Å². The predicted molar refractivity (Wildman–Crippen MR) is 99.3 cm³/mol. The van der Waals surface area contributed by atoms with Gasteiger partial charge in [0.1, 0.15) is 16.9 Å². The molecule has 5 rings (SSSR count). The number of hydrogen-bond acceptors (Lipinski definition) is 5. The summed E-state index contributed by atoms with van der Waals surface area (Å²) in [6.45, 7) is 2.32. The zero-order chi connectivity index (χ0) is 17.0.